The van der Waals surface area contributed by atoms with Crippen LogP contribution in [0.5, 0.6) is 0 Å². The van der Waals surface area contributed by atoms with E-state index < -0.39 is 0 Å². The fourth-order valence-electron chi connectivity index (χ4n) is 1.55. The lowest BCUT2D eigenvalue weighted by Crippen LogP contribution is -2.09. The molecular weight excluding hydrogens is 249 g/mol. The number of halogens is 2. The van der Waals surface area contributed by atoms with Crippen molar-refractivity contribution >= 4 is 27.5 Å². The number of hydrogen-bond donors (Lipinski definition) is 1. The Kier molecular flexibility index (Phi) is 3.38. The molecule has 0 aliphatic rings. The fraction of sp³-hybridized carbons (Fsp3) is 0.400. The van der Waals surface area contributed by atoms with Gasteiger partial charge < -0.3 is 5.73 Å². The van der Waals surface area contributed by atoms with Crippen LogP contribution in [0, 0.1) is 13.8 Å². The van der Waals surface area contributed by atoms with Crippen molar-refractivity contribution in [3.8, 4) is 0 Å². The first-order chi connectivity index (χ1) is 5.95. The largest absolute Gasteiger partial charge is 0.324 e. The summed E-state index contributed by atoms with van der Waals surface area (Å²) in [7, 11) is 0. The van der Waals surface area contributed by atoms with Gasteiger partial charge in [0.25, 0.3) is 0 Å². The summed E-state index contributed by atoms with van der Waals surface area (Å²) in [6.45, 7) is 6.02. The Morgan fingerprint density at radius 2 is 1.92 bits per heavy atom. The Balaban J connectivity index is 3.46. The van der Waals surface area contributed by atoms with Gasteiger partial charge >= 0.3 is 0 Å². The van der Waals surface area contributed by atoms with E-state index in [-0.39, 0.29) is 6.04 Å². The highest BCUT2D eigenvalue weighted by Crippen LogP contribution is 2.32. The molecule has 0 aromatic heterocycles. The Morgan fingerprint density at radius 1 is 1.38 bits per heavy atom. The van der Waals surface area contributed by atoms with Crippen molar-refractivity contribution in [2.75, 3.05) is 0 Å². The average Bonchev–Trinajstić information content (AvgIpc) is 2.01. The molecule has 3 heteroatoms. The zero-order chi connectivity index (χ0) is 10.2. The molecule has 1 nitrogen and oxygen atoms in total. The van der Waals surface area contributed by atoms with Crippen LogP contribution < -0.4 is 5.73 Å². The summed E-state index contributed by atoms with van der Waals surface area (Å²) in [5.41, 5.74) is 9.27. The molecule has 0 saturated carbocycles. The van der Waals surface area contributed by atoms with E-state index in [1.807, 2.05) is 26.8 Å². The Bertz CT molecular complexity index is 308. The van der Waals surface area contributed by atoms with Crippen molar-refractivity contribution in [2.45, 2.75) is 26.8 Å². The van der Waals surface area contributed by atoms with Crippen LogP contribution in [0.3, 0.4) is 0 Å². The van der Waals surface area contributed by atoms with Crippen LogP contribution in [-0.2, 0) is 0 Å². The van der Waals surface area contributed by atoms with Gasteiger partial charge in [0, 0.05) is 15.5 Å². The minimum Gasteiger partial charge on any atom is -0.324 e. The molecule has 0 fully saturated rings. The molecule has 1 atom stereocenters. The predicted octanol–water partition coefficient (Wildman–Crippen LogP) is 3.74. The summed E-state index contributed by atoms with van der Waals surface area (Å²) in [5.74, 6) is 0. The number of hydrogen-bond acceptors (Lipinski definition) is 1. The molecule has 1 unspecified atom stereocenters. The van der Waals surface area contributed by atoms with Crippen LogP contribution in [0.15, 0.2) is 10.5 Å². The highest BCUT2D eigenvalue weighted by Gasteiger charge is 2.12. The van der Waals surface area contributed by atoms with Crippen molar-refractivity contribution in [1.82, 2.24) is 0 Å². The third kappa shape index (κ3) is 2.06. The molecule has 0 spiro atoms. The molecule has 0 amide bonds. The van der Waals surface area contributed by atoms with Gasteiger partial charge in [-0.15, -0.1) is 0 Å². The summed E-state index contributed by atoms with van der Waals surface area (Å²) in [4.78, 5) is 0. The maximum absolute atomic E-state index is 6.05. The van der Waals surface area contributed by atoms with Gasteiger partial charge in [-0.1, -0.05) is 27.5 Å². The molecule has 13 heavy (non-hydrogen) atoms. The summed E-state index contributed by atoms with van der Waals surface area (Å²) in [6.07, 6.45) is 0. The molecule has 1 aromatic rings. The van der Waals surface area contributed by atoms with Gasteiger partial charge in [-0.2, -0.15) is 0 Å². The highest BCUT2D eigenvalue weighted by atomic mass is 79.9. The van der Waals surface area contributed by atoms with Crippen LogP contribution in [0.25, 0.3) is 0 Å². The average molecular weight is 263 g/mol. The first-order valence-corrected chi connectivity index (χ1v) is 5.33. The number of nitrogens with two attached hydrogens (primary N) is 1. The minimum absolute atomic E-state index is 0.0231. The number of rotatable bonds is 1. The van der Waals surface area contributed by atoms with Crippen LogP contribution >= 0.6 is 27.5 Å². The lowest BCUT2D eigenvalue weighted by Gasteiger charge is -2.16. The van der Waals surface area contributed by atoms with Gasteiger partial charge in [-0.05, 0) is 43.5 Å². The monoisotopic (exact) mass is 261 g/mol. The number of benzene rings is 1. The summed E-state index contributed by atoms with van der Waals surface area (Å²) in [5, 5.41) is 0.768. The standard InChI is InChI=1S/C10H13BrClN/c1-5-8(11)4-9(12)6(2)10(5)7(3)13/h4,7H,13H2,1-3H3. The summed E-state index contributed by atoms with van der Waals surface area (Å²) in [6, 6.07) is 1.94. The third-order valence-electron chi connectivity index (χ3n) is 2.23. The second-order valence-corrected chi connectivity index (χ2v) is 4.55. The predicted molar refractivity (Wildman–Crippen MR) is 61.2 cm³/mol. The second kappa shape index (κ2) is 3.99. The summed E-state index contributed by atoms with van der Waals surface area (Å²) < 4.78 is 1.02. The molecule has 0 heterocycles. The Morgan fingerprint density at radius 3 is 2.38 bits per heavy atom. The third-order valence-corrected chi connectivity index (χ3v) is 3.45. The maximum atomic E-state index is 6.05. The first kappa shape index (κ1) is 11.0. The van der Waals surface area contributed by atoms with Gasteiger partial charge in [0.1, 0.15) is 0 Å². The van der Waals surface area contributed by atoms with E-state index in [4.69, 9.17) is 17.3 Å². The molecule has 1 rings (SSSR count). The zero-order valence-corrected chi connectivity index (χ0v) is 10.3. The van der Waals surface area contributed by atoms with E-state index >= 15 is 0 Å². The highest BCUT2D eigenvalue weighted by molar-refractivity contribution is 9.10. The lowest BCUT2D eigenvalue weighted by molar-refractivity contribution is 0.800. The normalized spacial score (nSPS) is 13.1. The van der Waals surface area contributed by atoms with Crippen LogP contribution in [-0.4, -0.2) is 0 Å². The van der Waals surface area contributed by atoms with E-state index in [9.17, 15) is 0 Å². The van der Waals surface area contributed by atoms with Gasteiger partial charge in [0.2, 0.25) is 0 Å². The molecule has 72 valence electrons. The van der Waals surface area contributed by atoms with Crippen molar-refractivity contribution in [3.63, 3.8) is 0 Å². The van der Waals surface area contributed by atoms with Gasteiger partial charge in [-0.25, -0.2) is 0 Å². The molecule has 0 saturated heterocycles. The van der Waals surface area contributed by atoms with Gasteiger partial charge in [0.15, 0.2) is 0 Å². The van der Waals surface area contributed by atoms with Crippen LogP contribution in [0.2, 0.25) is 5.02 Å². The van der Waals surface area contributed by atoms with E-state index in [1.54, 1.807) is 0 Å². The molecule has 0 aliphatic heterocycles. The van der Waals surface area contributed by atoms with Crippen molar-refractivity contribution < 1.29 is 0 Å². The first-order valence-electron chi connectivity index (χ1n) is 4.15. The minimum atomic E-state index is 0.0231. The molecular formula is C10H13BrClN. The quantitative estimate of drug-likeness (QED) is 0.820. The van der Waals surface area contributed by atoms with E-state index in [0.717, 1.165) is 20.6 Å². The van der Waals surface area contributed by atoms with Crippen molar-refractivity contribution in [2.24, 2.45) is 5.73 Å². The topological polar surface area (TPSA) is 26.0 Å². The Labute approximate surface area is 92.4 Å². The SMILES string of the molecule is Cc1c(Cl)cc(Br)c(C)c1C(C)N. The Hall–Kier alpha value is -0.0500. The summed E-state index contributed by atoms with van der Waals surface area (Å²) >= 11 is 9.51. The molecule has 2 N–H and O–H groups in total. The van der Waals surface area contributed by atoms with Gasteiger partial charge in [0.05, 0.1) is 0 Å². The van der Waals surface area contributed by atoms with E-state index in [0.29, 0.717) is 0 Å². The van der Waals surface area contributed by atoms with Crippen molar-refractivity contribution in [1.29, 1.82) is 0 Å². The lowest BCUT2D eigenvalue weighted by atomic mass is 9.98. The molecule has 0 radical (unpaired) electrons. The van der Waals surface area contributed by atoms with Crippen molar-refractivity contribution in [3.05, 3.63) is 32.3 Å². The molecule has 0 bridgehead atoms. The smallest absolute Gasteiger partial charge is 0.0449 e. The van der Waals surface area contributed by atoms with Crippen LogP contribution in [0.1, 0.15) is 29.7 Å². The molecule has 0 aliphatic carbocycles. The second-order valence-electron chi connectivity index (χ2n) is 3.29. The van der Waals surface area contributed by atoms with E-state index in [1.165, 1.54) is 5.56 Å². The molecule has 1 aromatic carbocycles. The fourth-order valence-corrected chi connectivity index (χ4v) is 2.33. The van der Waals surface area contributed by atoms with Crippen LogP contribution in [0.4, 0.5) is 0 Å². The zero-order valence-electron chi connectivity index (χ0n) is 7.99. The van der Waals surface area contributed by atoms with E-state index in [2.05, 4.69) is 15.9 Å². The van der Waals surface area contributed by atoms with Gasteiger partial charge in [-0.3, -0.25) is 0 Å². The maximum Gasteiger partial charge on any atom is 0.0449 e.